The second-order valence-electron chi connectivity index (χ2n) is 5.97. The molecule has 4 aromatic rings. The van der Waals surface area contributed by atoms with E-state index in [1.807, 2.05) is 12.4 Å². The fraction of sp³-hybridized carbons (Fsp3) is 0.235. The summed E-state index contributed by atoms with van der Waals surface area (Å²) in [5, 5.41) is 0. The van der Waals surface area contributed by atoms with Gasteiger partial charge in [-0.2, -0.15) is 0 Å². The van der Waals surface area contributed by atoms with Gasteiger partial charge in [0.25, 0.3) is 0 Å². The zero-order valence-electron chi connectivity index (χ0n) is 12.1. The highest BCUT2D eigenvalue weighted by molar-refractivity contribution is 5.73. The average molecular weight is 289 g/mol. The molecule has 0 bridgehead atoms. The summed E-state index contributed by atoms with van der Waals surface area (Å²) in [6.07, 6.45) is 12.4. The van der Waals surface area contributed by atoms with Crippen LogP contribution in [-0.4, -0.2) is 23.9 Å². The molecule has 0 unspecified atom stereocenters. The molecule has 1 saturated carbocycles. The molecule has 0 radical (unpaired) electrons. The quantitative estimate of drug-likeness (QED) is 0.582. The van der Waals surface area contributed by atoms with Gasteiger partial charge in [-0.1, -0.05) is 6.07 Å². The zero-order chi connectivity index (χ0) is 14.5. The largest absolute Gasteiger partial charge is 0.324 e. The van der Waals surface area contributed by atoms with Crippen LogP contribution in [0.5, 0.6) is 0 Å². The molecule has 1 fully saturated rings. The summed E-state index contributed by atoms with van der Waals surface area (Å²) in [5.41, 5.74) is 5.48. The summed E-state index contributed by atoms with van der Waals surface area (Å²) >= 11 is 0. The van der Waals surface area contributed by atoms with E-state index in [-0.39, 0.29) is 0 Å². The summed E-state index contributed by atoms with van der Waals surface area (Å²) < 4.78 is 4.25. The molecule has 0 spiro atoms. The summed E-state index contributed by atoms with van der Waals surface area (Å²) in [6, 6.07) is 6.32. The van der Waals surface area contributed by atoms with Gasteiger partial charge >= 0.3 is 0 Å². The highest BCUT2D eigenvalue weighted by Gasteiger charge is 2.23. The Balaban J connectivity index is 1.53. The number of hydrogen-bond donors (Lipinski definition) is 0. The number of nitrogens with zero attached hydrogens (tertiary/aromatic N) is 5. The minimum atomic E-state index is 0.723. The first-order chi connectivity index (χ1) is 10.9. The lowest BCUT2D eigenvalue weighted by Crippen LogP contribution is -1.97. The van der Waals surface area contributed by atoms with E-state index in [1.165, 1.54) is 18.4 Å². The predicted molar refractivity (Wildman–Crippen MR) is 83.8 cm³/mol. The van der Waals surface area contributed by atoms with Gasteiger partial charge in [-0.05, 0) is 36.5 Å². The average Bonchev–Trinajstić information content (AvgIpc) is 3.20. The third-order valence-electron chi connectivity index (χ3n) is 4.33. The topological polar surface area (TPSA) is 48.0 Å². The van der Waals surface area contributed by atoms with Gasteiger partial charge in [-0.3, -0.25) is 4.98 Å². The molecule has 0 N–H and O–H groups in total. The number of fused-ring (bicyclic) bond motifs is 2. The lowest BCUT2D eigenvalue weighted by molar-refractivity contribution is 0.804. The van der Waals surface area contributed by atoms with Crippen LogP contribution in [0.3, 0.4) is 0 Å². The van der Waals surface area contributed by atoms with Crippen molar-refractivity contribution in [2.75, 3.05) is 0 Å². The van der Waals surface area contributed by atoms with Crippen molar-refractivity contribution in [1.29, 1.82) is 0 Å². The molecule has 0 aromatic carbocycles. The van der Waals surface area contributed by atoms with Crippen molar-refractivity contribution < 1.29 is 0 Å². The number of imidazole rings is 2. The van der Waals surface area contributed by atoms with E-state index in [9.17, 15) is 0 Å². The molecule has 4 aromatic heterocycles. The van der Waals surface area contributed by atoms with Crippen LogP contribution >= 0.6 is 0 Å². The molecule has 1 aliphatic rings. The van der Waals surface area contributed by atoms with Crippen molar-refractivity contribution in [2.24, 2.45) is 0 Å². The first-order valence-electron chi connectivity index (χ1n) is 7.59. The van der Waals surface area contributed by atoms with E-state index in [2.05, 4.69) is 43.5 Å². The fourth-order valence-electron chi connectivity index (χ4n) is 3.01. The second kappa shape index (κ2) is 4.40. The first-order valence-corrected chi connectivity index (χ1v) is 7.59. The summed E-state index contributed by atoms with van der Waals surface area (Å²) in [7, 11) is 0. The Hall–Kier alpha value is -2.69. The van der Waals surface area contributed by atoms with Crippen molar-refractivity contribution in [1.82, 2.24) is 23.9 Å². The van der Waals surface area contributed by atoms with Gasteiger partial charge in [0.1, 0.15) is 11.2 Å². The normalized spacial score (nSPS) is 14.9. The number of aromatic nitrogens is 5. The Kier molecular flexibility index (Phi) is 2.38. The third-order valence-corrected chi connectivity index (χ3v) is 4.33. The molecular formula is C17H15N5. The van der Waals surface area contributed by atoms with E-state index >= 15 is 0 Å². The zero-order valence-corrected chi connectivity index (χ0v) is 12.1. The van der Waals surface area contributed by atoms with Crippen molar-refractivity contribution in [3.05, 3.63) is 60.6 Å². The van der Waals surface area contributed by atoms with Crippen LogP contribution in [0, 0.1) is 0 Å². The molecule has 4 heterocycles. The Bertz CT molecular complexity index is 977. The van der Waals surface area contributed by atoms with Gasteiger partial charge in [0.2, 0.25) is 0 Å². The molecule has 0 atom stereocenters. The fourth-order valence-corrected chi connectivity index (χ4v) is 3.01. The smallest absolute Gasteiger partial charge is 0.137 e. The van der Waals surface area contributed by atoms with Crippen LogP contribution in [-0.2, 0) is 6.54 Å². The van der Waals surface area contributed by atoms with Crippen molar-refractivity contribution >= 4 is 16.7 Å². The molecule has 0 aliphatic heterocycles. The van der Waals surface area contributed by atoms with Crippen molar-refractivity contribution in [2.45, 2.75) is 25.3 Å². The van der Waals surface area contributed by atoms with Gasteiger partial charge in [-0.15, -0.1) is 0 Å². The summed E-state index contributed by atoms with van der Waals surface area (Å²) in [6.45, 7) is 0.723. The van der Waals surface area contributed by atoms with Gasteiger partial charge in [0, 0.05) is 18.6 Å². The Morgan fingerprint density at radius 1 is 1.14 bits per heavy atom. The molecule has 5 nitrogen and oxygen atoms in total. The van der Waals surface area contributed by atoms with Crippen LogP contribution < -0.4 is 0 Å². The van der Waals surface area contributed by atoms with Crippen LogP contribution in [0.25, 0.3) is 16.7 Å². The van der Waals surface area contributed by atoms with Gasteiger partial charge in [-0.25, -0.2) is 9.97 Å². The minimum Gasteiger partial charge on any atom is -0.324 e. The van der Waals surface area contributed by atoms with Gasteiger partial charge < -0.3 is 8.97 Å². The molecule has 108 valence electrons. The van der Waals surface area contributed by atoms with Gasteiger partial charge in [0.05, 0.1) is 30.3 Å². The van der Waals surface area contributed by atoms with Crippen LogP contribution in [0.2, 0.25) is 0 Å². The Labute approximate surface area is 127 Å². The van der Waals surface area contributed by atoms with Crippen LogP contribution in [0.4, 0.5) is 0 Å². The molecule has 0 saturated heterocycles. The minimum absolute atomic E-state index is 0.723. The maximum absolute atomic E-state index is 4.71. The Morgan fingerprint density at radius 2 is 2.09 bits per heavy atom. The van der Waals surface area contributed by atoms with E-state index in [4.69, 9.17) is 4.98 Å². The van der Waals surface area contributed by atoms with E-state index in [0.717, 1.165) is 34.8 Å². The summed E-state index contributed by atoms with van der Waals surface area (Å²) in [4.78, 5) is 13.2. The van der Waals surface area contributed by atoms with Crippen LogP contribution in [0.15, 0.2) is 49.3 Å². The summed E-state index contributed by atoms with van der Waals surface area (Å²) in [5.74, 6) is 0.764. The number of hydrogen-bond acceptors (Lipinski definition) is 3. The molecule has 0 amide bonds. The molecule has 5 heteroatoms. The maximum atomic E-state index is 4.71. The molecule has 1 aliphatic carbocycles. The van der Waals surface area contributed by atoms with Crippen molar-refractivity contribution in [3.63, 3.8) is 0 Å². The van der Waals surface area contributed by atoms with E-state index in [0.29, 0.717) is 0 Å². The van der Waals surface area contributed by atoms with Crippen molar-refractivity contribution in [3.8, 4) is 0 Å². The van der Waals surface area contributed by atoms with Crippen LogP contribution in [0.1, 0.15) is 30.0 Å². The lowest BCUT2D eigenvalue weighted by atomic mass is 10.2. The molecule has 5 rings (SSSR count). The van der Waals surface area contributed by atoms with E-state index in [1.54, 1.807) is 12.4 Å². The first kappa shape index (κ1) is 11.9. The molecule has 22 heavy (non-hydrogen) atoms. The number of rotatable bonds is 3. The predicted octanol–water partition coefficient (Wildman–Crippen LogP) is 3.00. The standard InChI is InChI=1S/C17H15N5/c1-2-12(1)13-3-4-17-20-14(9-21(17)8-13)10-22-11-19-15-7-18-6-5-16(15)22/h3-9,11-12H,1-2,10H2. The van der Waals surface area contributed by atoms with E-state index < -0.39 is 0 Å². The molecular weight excluding hydrogens is 274 g/mol. The monoisotopic (exact) mass is 289 g/mol. The lowest BCUT2D eigenvalue weighted by Gasteiger charge is -2.00. The van der Waals surface area contributed by atoms with Gasteiger partial charge in [0.15, 0.2) is 0 Å². The maximum Gasteiger partial charge on any atom is 0.137 e. The Morgan fingerprint density at radius 3 is 3.00 bits per heavy atom. The number of pyridine rings is 2. The second-order valence-corrected chi connectivity index (χ2v) is 5.97. The third kappa shape index (κ3) is 1.89. The highest BCUT2D eigenvalue weighted by atomic mass is 15.1. The highest BCUT2D eigenvalue weighted by Crippen LogP contribution is 2.39. The SMILES string of the molecule is c1cc2c(cn1)ncn2Cc1cn2cc(C3CC3)ccc2n1.